The molecule has 3 unspecified atom stereocenters. The maximum absolute atomic E-state index is 13.1. The third-order valence-electron chi connectivity index (χ3n) is 17.5. The normalized spacial score (nSPS) is 14.4. The van der Waals surface area contributed by atoms with Gasteiger partial charge >= 0.3 is 39.5 Å². The highest BCUT2D eigenvalue weighted by Crippen LogP contribution is 2.45. The van der Waals surface area contributed by atoms with Crippen LogP contribution in [-0.4, -0.2) is 96.7 Å². The molecular weight excluding hydrogens is 1220 g/mol. The summed E-state index contributed by atoms with van der Waals surface area (Å²) in [6.07, 6.45) is 49.8. The van der Waals surface area contributed by atoms with Crippen molar-refractivity contribution in [3.8, 4) is 0 Å². The molecular formula is C74H144O17P2. The lowest BCUT2D eigenvalue weighted by molar-refractivity contribution is -0.161. The van der Waals surface area contributed by atoms with Crippen LogP contribution in [0.2, 0.25) is 0 Å². The molecule has 0 saturated heterocycles. The van der Waals surface area contributed by atoms with Gasteiger partial charge in [-0.3, -0.25) is 37.3 Å². The van der Waals surface area contributed by atoms with Crippen molar-refractivity contribution >= 4 is 39.5 Å². The van der Waals surface area contributed by atoms with Crippen LogP contribution in [0.25, 0.3) is 0 Å². The molecule has 0 bridgehead atoms. The number of ether oxygens (including phenoxy) is 4. The number of carbonyl (C=O) groups is 4. The van der Waals surface area contributed by atoms with Crippen LogP contribution in [0, 0.1) is 17.8 Å². The lowest BCUT2D eigenvalue weighted by Gasteiger charge is -2.21. The number of phosphoric ester groups is 2. The molecule has 0 spiro atoms. The van der Waals surface area contributed by atoms with Crippen molar-refractivity contribution in [3.05, 3.63) is 0 Å². The van der Waals surface area contributed by atoms with Gasteiger partial charge in [0.15, 0.2) is 12.2 Å². The Kier molecular flexibility index (Phi) is 63.4. The number of aliphatic hydroxyl groups is 1. The van der Waals surface area contributed by atoms with Crippen LogP contribution >= 0.6 is 15.6 Å². The Labute approximate surface area is 568 Å². The Hall–Kier alpha value is -1.94. The maximum Gasteiger partial charge on any atom is 0.472 e. The molecule has 0 aliphatic heterocycles. The molecule has 0 rings (SSSR count). The largest absolute Gasteiger partial charge is 0.472 e. The molecule has 6 atom stereocenters. The zero-order chi connectivity index (χ0) is 68.7. The highest BCUT2D eigenvalue weighted by Gasteiger charge is 2.30. The summed E-state index contributed by atoms with van der Waals surface area (Å²) in [5.41, 5.74) is 0. The predicted molar refractivity (Wildman–Crippen MR) is 377 cm³/mol. The summed E-state index contributed by atoms with van der Waals surface area (Å²) < 4.78 is 68.5. The average Bonchev–Trinajstić information content (AvgIpc) is 1.60. The van der Waals surface area contributed by atoms with E-state index in [0.29, 0.717) is 25.7 Å². The standard InChI is InChI=1S/C74H144O17P2/c1-8-10-11-12-13-14-15-20-26-34-41-48-55-71(76)84-62-70(91-74(79)58-51-44-37-30-29-33-40-47-54-67(7)9-2)64-89-93(82,83)87-60-68(75)59-86-92(80,81)88-63-69(61-85-72(77)56-49-42-35-27-23-22-25-32-39-46-53-66(5)6)90-73(78)57-50-43-36-28-21-18-16-17-19-24-31-38-45-52-65(3)4/h65-70,75H,8-64H2,1-7H3,(H,80,81)(H,82,83)/t67?,68-,69-,70-/m1/s1. The second-order valence-electron chi connectivity index (χ2n) is 27.9. The summed E-state index contributed by atoms with van der Waals surface area (Å²) >= 11 is 0. The second kappa shape index (κ2) is 64.7. The molecule has 0 aliphatic rings. The molecule has 19 heteroatoms. The fourth-order valence-corrected chi connectivity index (χ4v) is 12.8. The van der Waals surface area contributed by atoms with E-state index in [2.05, 4.69) is 48.5 Å². The topological polar surface area (TPSA) is 237 Å². The van der Waals surface area contributed by atoms with Crippen molar-refractivity contribution in [1.82, 2.24) is 0 Å². The van der Waals surface area contributed by atoms with Crippen molar-refractivity contribution in [2.75, 3.05) is 39.6 Å². The summed E-state index contributed by atoms with van der Waals surface area (Å²) in [4.78, 5) is 72.8. The molecule has 0 heterocycles. The first-order chi connectivity index (χ1) is 44.8. The van der Waals surface area contributed by atoms with Crippen LogP contribution in [0.3, 0.4) is 0 Å². The Balaban J connectivity index is 5.27. The molecule has 0 saturated carbocycles. The third kappa shape index (κ3) is 67.0. The van der Waals surface area contributed by atoms with E-state index < -0.39 is 97.5 Å². The average molecular weight is 1370 g/mol. The van der Waals surface area contributed by atoms with Gasteiger partial charge in [-0.15, -0.1) is 0 Å². The first-order valence-corrected chi connectivity index (χ1v) is 41.4. The van der Waals surface area contributed by atoms with Crippen LogP contribution in [0.1, 0.15) is 376 Å². The molecule has 0 amide bonds. The Morgan fingerprint density at radius 1 is 0.312 bits per heavy atom. The summed E-state index contributed by atoms with van der Waals surface area (Å²) in [5.74, 6) is 0.194. The highest BCUT2D eigenvalue weighted by molar-refractivity contribution is 7.47. The van der Waals surface area contributed by atoms with Crippen LogP contribution in [0.15, 0.2) is 0 Å². The molecule has 0 fully saturated rings. The minimum absolute atomic E-state index is 0.105. The quantitative estimate of drug-likeness (QED) is 0.0222. The van der Waals surface area contributed by atoms with Gasteiger partial charge in [0.1, 0.15) is 19.3 Å². The Morgan fingerprint density at radius 3 is 0.817 bits per heavy atom. The van der Waals surface area contributed by atoms with Gasteiger partial charge in [0.2, 0.25) is 0 Å². The number of hydrogen-bond donors (Lipinski definition) is 3. The predicted octanol–water partition coefficient (Wildman–Crippen LogP) is 21.4. The summed E-state index contributed by atoms with van der Waals surface area (Å²) in [6.45, 7) is 11.9. The lowest BCUT2D eigenvalue weighted by atomic mass is 9.99. The number of carbonyl (C=O) groups excluding carboxylic acids is 4. The van der Waals surface area contributed by atoms with E-state index in [-0.39, 0.29) is 25.7 Å². The van der Waals surface area contributed by atoms with Crippen molar-refractivity contribution < 1.29 is 80.2 Å². The molecule has 0 radical (unpaired) electrons. The number of aliphatic hydroxyl groups excluding tert-OH is 1. The zero-order valence-electron chi connectivity index (χ0n) is 60.7. The van der Waals surface area contributed by atoms with Gasteiger partial charge in [-0.05, 0) is 43.4 Å². The van der Waals surface area contributed by atoms with Gasteiger partial charge in [0.05, 0.1) is 26.4 Å². The van der Waals surface area contributed by atoms with E-state index in [4.69, 9.17) is 37.0 Å². The smallest absolute Gasteiger partial charge is 0.462 e. The molecule has 17 nitrogen and oxygen atoms in total. The minimum atomic E-state index is -4.96. The summed E-state index contributed by atoms with van der Waals surface area (Å²) in [7, 11) is -9.91. The first-order valence-electron chi connectivity index (χ1n) is 38.4. The molecule has 552 valence electrons. The molecule has 0 aromatic carbocycles. The van der Waals surface area contributed by atoms with Gasteiger partial charge in [0.25, 0.3) is 0 Å². The van der Waals surface area contributed by atoms with Crippen molar-refractivity contribution in [1.29, 1.82) is 0 Å². The van der Waals surface area contributed by atoms with Crippen molar-refractivity contribution in [3.63, 3.8) is 0 Å². The van der Waals surface area contributed by atoms with E-state index in [1.54, 1.807) is 0 Å². The van der Waals surface area contributed by atoms with Crippen LogP contribution < -0.4 is 0 Å². The Bertz CT molecular complexity index is 1820. The van der Waals surface area contributed by atoms with E-state index in [0.717, 1.165) is 108 Å². The third-order valence-corrected chi connectivity index (χ3v) is 19.4. The Morgan fingerprint density at radius 2 is 0.548 bits per heavy atom. The van der Waals surface area contributed by atoms with E-state index >= 15 is 0 Å². The SMILES string of the molecule is CCCCCCCCCCCCCCC(=O)OC[C@H](COP(=O)(O)OC[C@H](O)COP(=O)(O)OC[C@@H](COC(=O)CCCCCCCCCCCCC(C)C)OC(=O)CCCCCCCCCCCCCCCC(C)C)OC(=O)CCCCCCCCCCC(C)CC. The molecule has 93 heavy (non-hydrogen) atoms. The first kappa shape index (κ1) is 91.1. The molecule has 3 N–H and O–H groups in total. The number of phosphoric acid groups is 2. The van der Waals surface area contributed by atoms with Gasteiger partial charge in [-0.25, -0.2) is 9.13 Å². The van der Waals surface area contributed by atoms with Crippen LogP contribution in [-0.2, 0) is 65.4 Å². The fourth-order valence-electron chi connectivity index (χ4n) is 11.2. The number of unbranched alkanes of at least 4 members (excludes halogenated alkanes) is 39. The lowest BCUT2D eigenvalue weighted by Crippen LogP contribution is -2.30. The van der Waals surface area contributed by atoms with Crippen molar-refractivity contribution in [2.45, 2.75) is 394 Å². The van der Waals surface area contributed by atoms with Crippen LogP contribution in [0.4, 0.5) is 0 Å². The monoisotopic (exact) mass is 1370 g/mol. The van der Waals surface area contributed by atoms with E-state index in [1.165, 1.54) is 186 Å². The molecule has 0 aromatic heterocycles. The number of rotatable bonds is 72. The van der Waals surface area contributed by atoms with Gasteiger partial charge < -0.3 is 33.8 Å². The second-order valence-corrected chi connectivity index (χ2v) is 30.8. The highest BCUT2D eigenvalue weighted by atomic mass is 31.2. The number of esters is 4. The summed E-state index contributed by atoms with van der Waals surface area (Å²) in [6, 6.07) is 0. The summed E-state index contributed by atoms with van der Waals surface area (Å²) in [5, 5.41) is 10.6. The molecule has 0 aromatic rings. The van der Waals surface area contributed by atoms with Crippen LogP contribution in [0.5, 0.6) is 0 Å². The molecule has 0 aliphatic carbocycles. The van der Waals surface area contributed by atoms with Crippen molar-refractivity contribution in [2.24, 2.45) is 17.8 Å². The maximum atomic E-state index is 13.1. The van der Waals surface area contributed by atoms with Gasteiger partial charge in [0, 0.05) is 25.7 Å². The van der Waals surface area contributed by atoms with E-state index in [1.807, 2.05) is 0 Å². The van der Waals surface area contributed by atoms with Gasteiger partial charge in [-0.1, -0.05) is 325 Å². The van der Waals surface area contributed by atoms with Gasteiger partial charge in [-0.2, -0.15) is 0 Å². The van der Waals surface area contributed by atoms with E-state index in [9.17, 15) is 43.2 Å². The zero-order valence-corrected chi connectivity index (χ0v) is 62.5. The minimum Gasteiger partial charge on any atom is -0.462 e. The number of hydrogen-bond acceptors (Lipinski definition) is 15. The fraction of sp³-hybridized carbons (Fsp3) is 0.946.